The highest BCUT2D eigenvalue weighted by molar-refractivity contribution is 5.69. The molecule has 0 fully saturated rings. The van der Waals surface area contributed by atoms with Crippen LogP contribution in [0.2, 0.25) is 0 Å². The van der Waals surface area contributed by atoms with Crippen LogP contribution in [0.4, 0.5) is 0 Å². The molecule has 8 heteroatoms. The normalized spacial score (nSPS) is 12.4. The molecule has 8 nitrogen and oxygen atoms in total. The van der Waals surface area contributed by atoms with E-state index in [0.29, 0.717) is 25.9 Å². The number of aliphatic hydroxyl groups excluding tert-OH is 2. The highest BCUT2D eigenvalue weighted by Crippen LogP contribution is 2.20. The molecule has 0 bridgehead atoms. The molecule has 3 unspecified atom stereocenters. The smallest absolute Gasteiger partial charge is 0.306 e. The maximum absolute atomic E-state index is 12.6. The maximum atomic E-state index is 12.6. The Labute approximate surface area is 411 Å². The third-order valence-corrected chi connectivity index (χ3v) is 13.0. The van der Waals surface area contributed by atoms with E-state index in [9.17, 15) is 24.6 Å². The summed E-state index contributed by atoms with van der Waals surface area (Å²) in [5, 5.41) is 20.0. The van der Waals surface area contributed by atoms with Crippen LogP contribution in [-0.4, -0.2) is 60.1 Å². The number of methoxy groups -OCH3 is 1. The second-order valence-electron chi connectivity index (χ2n) is 19.4. The summed E-state index contributed by atoms with van der Waals surface area (Å²) in [7, 11) is 1.45. The zero-order chi connectivity index (χ0) is 48.1. The van der Waals surface area contributed by atoms with Gasteiger partial charge in [-0.3, -0.25) is 14.4 Å². The summed E-state index contributed by atoms with van der Waals surface area (Å²) >= 11 is 0. The Kier molecular flexibility index (Phi) is 59.9. The van der Waals surface area contributed by atoms with E-state index in [1.165, 1.54) is 174 Å². The van der Waals surface area contributed by atoms with Crippen LogP contribution in [-0.2, 0) is 28.6 Å². The van der Waals surface area contributed by atoms with Gasteiger partial charge in [0.05, 0.1) is 25.9 Å². The molecule has 0 amide bonds. The van der Waals surface area contributed by atoms with Gasteiger partial charge in [0.15, 0.2) is 0 Å². The molecule has 0 aliphatic rings. The zero-order valence-electron chi connectivity index (χ0n) is 44.1. The van der Waals surface area contributed by atoms with Gasteiger partial charge in [0.25, 0.3) is 0 Å². The molecular formula is C58H116O8. The molecule has 0 aromatic carbocycles. The Hall–Kier alpha value is -1.67. The van der Waals surface area contributed by atoms with Gasteiger partial charge in [0.1, 0.15) is 6.10 Å². The average Bonchev–Trinajstić information content (AvgIpc) is 3.29. The molecular weight excluding hydrogens is 825 g/mol. The number of hydrogen-bond donors (Lipinski definition) is 2. The van der Waals surface area contributed by atoms with Crippen molar-refractivity contribution in [3.05, 3.63) is 0 Å². The van der Waals surface area contributed by atoms with E-state index >= 15 is 0 Å². The van der Waals surface area contributed by atoms with Crippen molar-refractivity contribution in [2.75, 3.05) is 13.7 Å². The largest absolute Gasteiger partial charge is 0.469 e. The molecule has 0 aromatic heterocycles. The van der Waals surface area contributed by atoms with Crippen molar-refractivity contribution in [2.24, 2.45) is 0 Å². The van der Waals surface area contributed by atoms with E-state index < -0.39 is 0 Å². The van der Waals surface area contributed by atoms with E-state index in [-0.39, 0.29) is 43.6 Å². The summed E-state index contributed by atoms with van der Waals surface area (Å²) in [6.07, 6.45) is 50.8. The summed E-state index contributed by atoms with van der Waals surface area (Å²) in [6, 6.07) is 0. The molecule has 0 aromatic rings. The van der Waals surface area contributed by atoms with Crippen molar-refractivity contribution in [3.63, 3.8) is 0 Å². The van der Waals surface area contributed by atoms with Gasteiger partial charge in [-0.25, -0.2) is 0 Å². The molecule has 0 spiro atoms. The highest BCUT2D eigenvalue weighted by atomic mass is 16.5. The second-order valence-corrected chi connectivity index (χ2v) is 19.4. The molecule has 66 heavy (non-hydrogen) atoms. The summed E-state index contributed by atoms with van der Waals surface area (Å²) < 4.78 is 15.6. The van der Waals surface area contributed by atoms with Crippen molar-refractivity contribution in [2.45, 2.75) is 342 Å². The van der Waals surface area contributed by atoms with E-state index in [2.05, 4.69) is 25.5 Å². The molecule has 0 aliphatic carbocycles. The number of ether oxygens (including phenoxy) is 3. The van der Waals surface area contributed by atoms with Crippen LogP contribution in [0.3, 0.4) is 0 Å². The lowest BCUT2D eigenvalue weighted by molar-refractivity contribution is -0.150. The zero-order valence-corrected chi connectivity index (χ0v) is 44.1. The molecule has 396 valence electrons. The minimum atomic E-state index is -0.0930. The number of hydrogen-bond acceptors (Lipinski definition) is 8. The number of esters is 3. The summed E-state index contributed by atoms with van der Waals surface area (Å²) in [6.45, 7) is 9.01. The van der Waals surface area contributed by atoms with Gasteiger partial charge in [-0.05, 0) is 77.6 Å². The van der Waals surface area contributed by atoms with Crippen LogP contribution in [0, 0.1) is 0 Å². The van der Waals surface area contributed by atoms with Crippen molar-refractivity contribution >= 4 is 17.9 Å². The molecule has 2 N–H and O–H groups in total. The molecule has 3 atom stereocenters. The number of unbranched alkanes of at least 4 members (excludes halogenated alkanes) is 30. The van der Waals surface area contributed by atoms with Crippen LogP contribution >= 0.6 is 0 Å². The standard InChI is InChI=1S/C38H74O5.C19H38O3.CH4/c1-4-7-9-23-29-35(39)30-24-19-15-11-13-18-22-28-34-38(41)43-36(31-25-10-8-5-2)32-26-20-16-12-14-17-21-27-33-37(40)42-6-3;1-3-4-5-12-15-18(20)16-13-10-8-6-7-9-11-14-17-19(21)22-2;/h35-36,39H,4-34H2,1-3H3;18,20H,3-17H2,1-2H3;1H4. The van der Waals surface area contributed by atoms with Gasteiger partial charge in [0.2, 0.25) is 0 Å². The first-order valence-electron chi connectivity index (χ1n) is 28.5. The van der Waals surface area contributed by atoms with Gasteiger partial charge >= 0.3 is 17.9 Å². The summed E-state index contributed by atoms with van der Waals surface area (Å²) in [5.74, 6) is -0.143. The topological polar surface area (TPSA) is 119 Å². The predicted octanol–water partition coefficient (Wildman–Crippen LogP) is 17.6. The Bertz CT molecular complexity index is 973. The number of carbonyl (C=O) groups excluding carboxylic acids is 3. The van der Waals surface area contributed by atoms with Gasteiger partial charge in [0, 0.05) is 19.3 Å². The quantitative estimate of drug-likeness (QED) is 0.0352. The van der Waals surface area contributed by atoms with E-state index in [1.807, 2.05) is 6.92 Å². The van der Waals surface area contributed by atoms with Crippen molar-refractivity contribution in [3.8, 4) is 0 Å². The van der Waals surface area contributed by atoms with Crippen molar-refractivity contribution < 1.29 is 38.8 Å². The molecule has 0 rings (SSSR count). The Morgan fingerprint density at radius 1 is 0.348 bits per heavy atom. The minimum absolute atomic E-state index is 0. The minimum Gasteiger partial charge on any atom is -0.469 e. The SMILES string of the molecule is C.CCCCCCC(O)CCCCCCCCCCC(=O)OC.CCCCCCC(O)CCCCCCCCCCC(=O)OC(CCCCCC)CCCCCCCCCCC(=O)OCC. The predicted molar refractivity (Wildman–Crippen MR) is 282 cm³/mol. The monoisotopic (exact) mass is 941 g/mol. The third kappa shape index (κ3) is 56.7. The Morgan fingerprint density at radius 2 is 0.606 bits per heavy atom. The van der Waals surface area contributed by atoms with Crippen LogP contribution in [0.15, 0.2) is 0 Å². The Balaban J connectivity index is -0.00000145. The Morgan fingerprint density at radius 3 is 0.909 bits per heavy atom. The van der Waals surface area contributed by atoms with Crippen molar-refractivity contribution in [1.82, 2.24) is 0 Å². The van der Waals surface area contributed by atoms with Gasteiger partial charge < -0.3 is 24.4 Å². The van der Waals surface area contributed by atoms with Gasteiger partial charge in [-0.2, -0.15) is 0 Å². The highest BCUT2D eigenvalue weighted by Gasteiger charge is 2.14. The number of rotatable bonds is 50. The summed E-state index contributed by atoms with van der Waals surface area (Å²) in [5.41, 5.74) is 0. The molecule has 0 saturated carbocycles. The lowest BCUT2D eigenvalue weighted by atomic mass is 10.0. The molecule has 0 radical (unpaired) electrons. The van der Waals surface area contributed by atoms with Crippen LogP contribution < -0.4 is 0 Å². The maximum Gasteiger partial charge on any atom is 0.306 e. The number of carbonyl (C=O) groups is 3. The van der Waals surface area contributed by atoms with E-state index in [1.54, 1.807) is 0 Å². The van der Waals surface area contributed by atoms with Crippen LogP contribution in [0.5, 0.6) is 0 Å². The van der Waals surface area contributed by atoms with Gasteiger partial charge in [-0.15, -0.1) is 0 Å². The molecule has 0 saturated heterocycles. The first-order valence-corrected chi connectivity index (χ1v) is 28.5. The van der Waals surface area contributed by atoms with Gasteiger partial charge in [-0.1, -0.05) is 227 Å². The second kappa shape index (κ2) is 57.6. The first kappa shape index (κ1) is 68.6. The lowest BCUT2D eigenvalue weighted by Crippen LogP contribution is -2.18. The fourth-order valence-corrected chi connectivity index (χ4v) is 8.67. The number of aliphatic hydroxyl groups is 2. The van der Waals surface area contributed by atoms with E-state index in [0.717, 1.165) is 103 Å². The fourth-order valence-electron chi connectivity index (χ4n) is 8.67. The average molecular weight is 942 g/mol. The first-order chi connectivity index (χ1) is 31.7. The lowest BCUT2D eigenvalue weighted by Gasteiger charge is -2.18. The van der Waals surface area contributed by atoms with Crippen molar-refractivity contribution in [1.29, 1.82) is 0 Å². The van der Waals surface area contributed by atoms with E-state index in [4.69, 9.17) is 9.47 Å². The van der Waals surface area contributed by atoms with Crippen LogP contribution in [0.1, 0.15) is 324 Å². The summed E-state index contributed by atoms with van der Waals surface area (Å²) in [4.78, 5) is 34.9. The van der Waals surface area contributed by atoms with Crippen LogP contribution in [0.25, 0.3) is 0 Å². The fraction of sp³-hybridized carbons (Fsp3) is 0.948. The molecule has 0 aliphatic heterocycles. The third-order valence-electron chi connectivity index (χ3n) is 13.0. The molecule has 0 heterocycles.